The zero-order valence-electron chi connectivity index (χ0n) is 8.21. The third-order valence-corrected chi connectivity index (χ3v) is 2.05. The number of hydrogen-bond donors (Lipinski definition) is 2. The Kier molecular flexibility index (Phi) is 2.08. The quantitative estimate of drug-likeness (QED) is 0.762. The summed E-state index contributed by atoms with van der Waals surface area (Å²) in [6, 6.07) is 1.33. The van der Waals surface area contributed by atoms with Gasteiger partial charge in [-0.3, -0.25) is 0 Å². The lowest BCUT2D eigenvalue weighted by atomic mass is 10.3. The van der Waals surface area contributed by atoms with Crippen molar-refractivity contribution in [3.8, 4) is 0 Å². The van der Waals surface area contributed by atoms with Crippen molar-refractivity contribution in [2.24, 2.45) is 0 Å². The summed E-state index contributed by atoms with van der Waals surface area (Å²) in [5, 5.41) is 21.5. The summed E-state index contributed by atoms with van der Waals surface area (Å²) in [7, 11) is 0. The standard InChI is InChI=1S/C9H7N3O4/c1-4-2-6(9(15)16)12-7(11-4)5(3-10-12)8(13)14/h2-3H,1H3,(H,13,14)(H,15,16). The summed E-state index contributed by atoms with van der Waals surface area (Å²) < 4.78 is 0.999. The van der Waals surface area contributed by atoms with Crippen molar-refractivity contribution in [2.45, 2.75) is 6.92 Å². The summed E-state index contributed by atoms with van der Waals surface area (Å²) in [5.74, 6) is -2.38. The number of carboxylic acid groups (broad SMARTS) is 2. The van der Waals surface area contributed by atoms with Crippen LogP contribution in [0, 0.1) is 6.92 Å². The Morgan fingerprint density at radius 1 is 1.31 bits per heavy atom. The number of rotatable bonds is 2. The van der Waals surface area contributed by atoms with E-state index in [0.717, 1.165) is 10.7 Å². The molecule has 0 spiro atoms. The highest BCUT2D eigenvalue weighted by Gasteiger charge is 2.18. The first-order valence-corrected chi connectivity index (χ1v) is 4.32. The summed E-state index contributed by atoms with van der Waals surface area (Å²) in [4.78, 5) is 25.7. The Morgan fingerprint density at radius 2 is 2.00 bits per heavy atom. The maximum Gasteiger partial charge on any atom is 0.354 e. The molecule has 2 rings (SSSR count). The molecule has 0 unspecified atom stereocenters. The molecule has 0 bridgehead atoms. The van der Waals surface area contributed by atoms with Gasteiger partial charge in [-0.1, -0.05) is 0 Å². The predicted octanol–water partition coefficient (Wildman–Crippen LogP) is 0.434. The lowest BCUT2D eigenvalue weighted by Gasteiger charge is -2.01. The van der Waals surface area contributed by atoms with E-state index in [9.17, 15) is 9.59 Å². The van der Waals surface area contributed by atoms with Crippen molar-refractivity contribution in [3.05, 3.63) is 29.2 Å². The second kappa shape index (κ2) is 3.30. The lowest BCUT2D eigenvalue weighted by molar-refractivity contribution is 0.0678. The zero-order chi connectivity index (χ0) is 11.9. The van der Waals surface area contributed by atoms with Crippen molar-refractivity contribution in [3.63, 3.8) is 0 Å². The Bertz CT molecular complexity index is 602. The highest BCUT2D eigenvalue weighted by atomic mass is 16.4. The van der Waals surface area contributed by atoms with Gasteiger partial charge < -0.3 is 10.2 Å². The molecule has 0 amide bonds. The minimum absolute atomic E-state index is 0.0323. The van der Waals surface area contributed by atoms with Gasteiger partial charge in [0.25, 0.3) is 0 Å². The molecule has 82 valence electrons. The van der Waals surface area contributed by atoms with E-state index >= 15 is 0 Å². The number of aryl methyl sites for hydroxylation is 1. The molecule has 0 saturated carbocycles. The molecule has 2 aromatic rings. The number of hydrogen-bond acceptors (Lipinski definition) is 4. The summed E-state index contributed by atoms with van der Waals surface area (Å²) >= 11 is 0. The van der Waals surface area contributed by atoms with E-state index in [1.807, 2.05) is 0 Å². The first-order chi connectivity index (χ1) is 7.50. The molecule has 16 heavy (non-hydrogen) atoms. The van der Waals surface area contributed by atoms with Crippen LogP contribution in [0.1, 0.15) is 26.5 Å². The second-order valence-corrected chi connectivity index (χ2v) is 3.19. The fourth-order valence-electron chi connectivity index (χ4n) is 1.39. The van der Waals surface area contributed by atoms with Crippen LogP contribution >= 0.6 is 0 Å². The van der Waals surface area contributed by atoms with Gasteiger partial charge in [0, 0.05) is 5.69 Å². The zero-order valence-corrected chi connectivity index (χ0v) is 8.21. The third-order valence-electron chi connectivity index (χ3n) is 2.05. The molecule has 0 radical (unpaired) electrons. The molecule has 7 heteroatoms. The number of aromatic nitrogens is 3. The molecule has 0 fully saturated rings. The van der Waals surface area contributed by atoms with Crippen LogP contribution in [0.15, 0.2) is 12.3 Å². The van der Waals surface area contributed by atoms with Gasteiger partial charge in [-0.05, 0) is 13.0 Å². The van der Waals surface area contributed by atoms with E-state index in [4.69, 9.17) is 10.2 Å². The second-order valence-electron chi connectivity index (χ2n) is 3.19. The topological polar surface area (TPSA) is 105 Å². The third kappa shape index (κ3) is 1.38. The van der Waals surface area contributed by atoms with Crippen LogP contribution in [0.3, 0.4) is 0 Å². The molecule has 0 aliphatic heterocycles. The van der Waals surface area contributed by atoms with Gasteiger partial charge in [-0.2, -0.15) is 5.10 Å². The number of nitrogens with zero attached hydrogens (tertiary/aromatic N) is 3. The van der Waals surface area contributed by atoms with Gasteiger partial charge in [0.05, 0.1) is 6.20 Å². The average Bonchev–Trinajstić information content (AvgIpc) is 2.59. The predicted molar refractivity (Wildman–Crippen MR) is 51.6 cm³/mol. The molecule has 0 aliphatic rings. The molecule has 7 nitrogen and oxygen atoms in total. The molecule has 0 aliphatic carbocycles. The highest BCUT2D eigenvalue weighted by Crippen LogP contribution is 2.12. The van der Waals surface area contributed by atoms with Crippen LogP contribution < -0.4 is 0 Å². The number of fused-ring (bicyclic) bond motifs is 1. The maximum atomic E-state index is 10.9. The molecule has 0 saturated heterocycles. The van der Waals surface area contributed by atoms with E-state index in [2.05, 4.69) is 10.1 Å². The molecule has 2 N–H and O–H groups in total. The minimum Gasteiger partial charge on any atom is -0.477 e. The van der Waals surface area contributed by atoms with Crippen molar-refractivity contribution in [2.75, 3.05) is 0 Å². The maximum absolute atomic E-state index is 10.9. The van der Waals surface area contributed by atoms with Crippen LogP contribution in [-0.4, -0.2) is 36.7 Å². The fourth-order valence-corrected chi connectivity index (χ4v) is 1.39. The largest absolute Gasteiger partial charge is 0.477 e. The van der Waals surface area contributed by atoms with E-state index in [1.165, 1.54) is 6.07 Å². The number of carbonyl (C=O) groups is 2. The Labute approximate surface area is 89.0 Å². The van der Waals surface area contributed by atoms with Gasteiger partial charge in [0.1, 0.15) is 5.56 Å². The SMILES string of the molecule is Cc1cc(C(=O)O)n2ncc(C(=O)O)c2n1. The Morgan fingerprint density at radius 3 is 2.56 bits per heavy atom. The molecule has 2 heterocycles. The van der Waals surface area contributed by atoms with Crippen LogP contribution in [0.5, 0.6) is 0 Å². The van der Waals surface area contributed by atoms with E-state index in [-0.39, 0.29) is 16.9 Å². The smallest absolute Gasteiger partial charge is 0.354 e. The van der Waals surface area contributed by atoms with Crippen LogP contribution in [-0.2, 0) is 0 Å². The van der Waals surface area contributed by atoms with Crippen LogP contribution in [0.4, 0.5) is 0 Å². The fraction of sp³-hybridized carbons (Fsp3) is 0.111. The monoisotopic (exact) mass is 221 g/mol. The molecular formula is C9H7N3O4. The first-order valence-electron chi connectivity index (χ1n) is 4.32. The highest BCUT2D eigenvalue weighted by molar-refractivity contribution is 5.95. The molecular weight excluding hydrogens is 214 g/mol. The van der Waals surface area contributed by atoms with E-state index in [1.54, 1.807) is 6.92 Å². The minimum atomic E-state index is -1.19. The number of carboxylic acids is 2. The van der Waals surface area contributed by atoms with Crippen LogP contribution in [0.25, 0.3) is 5.65 Å². The Hall–Kier alpha value is -2.44. The van der Waals surface area contributed by atoms with E-state index < -0.39 is 11.9 Å². The van der Waals surface area contributed by atoms with Crippen molar-refractivity contribution in [1.82, 2.24) is 14.6 Å². The summed E-state index contributed by atoms with van der Waals surface area (Å²) in [5.41, 5.74) is 0.221. The van der Waals surface area contributed by atoms with Gasteiger partial charge in [-0.15, -0.1) is 0 Å². The van der Waals surface area contributed by atoms with Crippen LogP contribution in [0.2, 0.25) is 0 Å². The molecule has 2 aromatic heterocycles. The van der Waals surface area contributed by atoms with E-state index in [0.29, 0.717) is 5.69 Å². The lowest BCUT2D eigenvalue weighted by Crippen LogP contribution is -2.09. The van der Waals surface area contributed by atoms with Gasteiger partial charge >= 0.3 is 11.9 Å². The first kappa shape index (κ1) is 10.1. The van der Waals surface area contributed by atoms with Gasteiger partial charge in [0.15, 0.2) is 11.3 Å². The molecule has 0 aromatic carbocycles. The van der Waals surface area contributed by atoms with Crippen molar-refractivity contribution in [1.29, 1.82) is 0 Å². The van der Waals surface area contributed by atoms with Gasteiger partial charge in [-0.25, -0.2) is 19.1 Å². The summed E-state index contributed by atoms with van der Waals surface area (Å²) in [6.45, 7) is 1.59. The Balaban J connectivity index is 2.86. The normalized spacial score (nSPS) is 10.6. The average molecular weight is 221 g/mol. The van der Waals surface area contributed by atoms with Gasteiger partial charge in [0.2, 0.25) is 0 Å². The number of aromatic carboxylic acids is 2. The van der Waals surface area contributed by atoms with Crippen molar-refractivity contribution < 1.29 is 19.8 Å². The summed E-state index contributed by atoms with van der Waals surface area (Å²) in [6.07, 6.45) is 1.08. The molecule has 0 atom stereocenters. The van der Waals surface area contributed by atoms with Crippen molar-refractivity contribution >= 4 is 17.6 Å².